The van der Waals surface area contributed by atoms with Gasteiger partial charge in [0.05, 0.1) is 24.7 Å². The first kappa shape index (κ1) is 14.3. The van der Waals surface area contributed by atoms with E-state index in [1.165, 1.54) is 4.31 Å². The molecule has 110 valence electrons. The minimum Gasteiger partial charge on any atom is -0.342 e. The Labute approximate surface area is 123 Å². The third-order valence-electron chi connectivity index (χ3n) is 3.71. The van der Waals surface area contributed by atoms with Crippen molar-refractivity contribution in [2.45, 2.75) is 17.6 Å². The highest BCUT2D eigenvalue weighted by Crippen LogP contribution is 2.43. The van der Waals surface area contributed by atoms with E-state index < -0.39 is 15.8 Å². The number of sulfonamides is 1. The van der Waals surface area contributed by atoms with Crippen LogP contribution in [0.2, 0.25) is 0 Å². The minimum atomic E-state index is -3.54. The number of aryl methyl sites for hydroxylation is 1. The summed E-state index contributed by atoms with van der Waals surface area (Å²) in [7, 11) is -3.54. The molecule has 0 radical (unpaired) electrons. The number of hydrogen-bond donors (Lipinski definition) is 0. The first-order valence-electron chi connectivity index (χ1n) is 6.45. The molecule has 2 aliphatic rings. The van der Waals surface area contributed by atoms with Crippen LogP contribution in [0, 0.1) is 6.92 Å². The zero-order valence-electron chi connectivity index (χ0n) is 11.1. The van der Waals surface area contributed by atoms with Gasteiger partial charge in [0.15, 0.2) is 0 Å². The van der Waals surface area contributed by atoms with Crippen LogP contribution in [-0.4, -0.2) is 44.9 Å². The molecule has 1 fully saturated rings. The molecule has 1 spiro atoms. The van der Waals surface area contributed by atoms with Crippen molar-refractivity contribution in [2.24, 2.45) is 0 Å². The lowest BCUT2D eigenvalue weighted by Gasteiger charge is -2.40. The molecule has 2 heterocycles. The van der Waals surface area contributed by atoms with Crippen molar-refractivity contribution in [3.8, 4) is 0 Å². The Morgan fingerprint density at radius 2 is 2.05 bits per heavy atom. The van der Waals surface area contributed by atoms with Crippen LogP contribution in [0.5, 0.6) is 0 Å². The Balaban J connectivity index is 2.23. The highest BCUT2D eigenvalue weighted by atomic mass is 35.5. The maximum atomic E-state index is 12.6. The molecule has 0 unspecified atom stereocenters. The molecule has 1 aromatic rings. The molecule has 1 aromatic carbocycles. The van der Waals surface area contributed by atoms with E-state index in [0.717, 1.165) is 5.56 Å². The van der Waals surface area contributed by atoms with Gasteiger partial charge in [-0.2, -0.15) is 4.31 Å². The molecule has 3 rings (SSSR count). The van der Waals surface area contributed by atoms with Crippen molar-refractivity contribution >= 4 is 21.6 Å². The molecule has 2 aliphatic heterocycles. The van der Waals surface area contributed by atoms with Crippen molar-refractivity contribution in [2.75, 3.05) is 32.2 Å². The van der Waals surface area contributed by atoms with Crippen molar-refractivity contribution < 1.29 is 17.9 Å². The van der Waals surface area contributed by atoms with Crippen LogP contribution >= 0.6 is 11.6 Å². The maximum Gasteiger partial charge on any atom is 0.243 e. The van der Waals surface area contributed by atoms with Gasteiger partial charge in [-0.05, 0) is 18.6 Å². The molecule has 0 amide bonds. The molecule has 0 saturated carbocycles. The second kappa shape index (κ2) is 4.96. The monoisotopic (exact) mass is 317 g/mol. The van der Waals surface area contributed by atoms with E-state index in [4.69, 9.17) is 21.1 Å². The largest absolute Gasteiger partial charge is 0.342 e. The van der Waals surface area contributed by atoms with Crippen LogP contribution in [0.25, 0.3) is 0 Å². The van der Waals surface area contributed by atoms with Crippen molar-refractivity contribution in [3.05, 3.63) is 29.3 Å². The summed E-state index contributed by atoms with van der Waals surface area (Å²) in [5.74, 6) is -0.755. The lowest BCUT2D eigenvalue weighted by molar-refractivity contribution is -0.176. The Morgan fingerprint density at radius 3 is 2.70 bits per heavy atom. The quantitative estimate of drug-likeness (QED) is 0.775. The number of benzene rings is 1. The number of nitrogens with zero attached hydrogens (tertiary/aromatic N) is 1. The standard InChI is InChI=1S/C13H16ClNO4S/c1-10-3-2-4-11-12(10)13(18-7-8-19-13)9-15(6-5-14)20(11,16)17/h2-4H,5-9H2,1H3. The van der Waals surface area contributed by atoms with Gasteiger partial charge in [-0.25, -0.2) is 8.42 Å². The zero-order valence-corrected chi connectivity index (χ0v) is 12.7. The van der Waals surface area contributed by atoms with E-state index in [1.54, 1.807) is 12.1 Å². The Kier molecular flexibility index (Phi) is 3.54. The van der Waals surface area contributed by atoms with Gasteiger partial charge >= 0.3 is 0 Å². The van der Waals surface area contributed by atoms with Gasteiger partial charge in [0, 0.05) is 18.0 Å². The lowest BCUT2D eigenvalue weighted by Crippen LogP contribution is -2.50. The van der Waals surface area contributed by atoms with Crippen LogP contribution in [-0.2, 0) is 25.3 Å². The van der Waals surface area contributed by atoms with Gasteiger partial charge in [0.25, 0.3) is 0 Å². The summed E-state index contributed by atoms with van der Waals surface area (Å²) in [6, 6.07) is 5.21. The summed E-state index contributed by atoms with van der Waals surface area (Å²) >= 11 is 5.73. The van der Waals surface area contributed by atoms with Crippen molar-refractivity contribution in [1.29, 1.82) is 0 Å². The second-order valence-corrected chi connectivity index (χ2v) is 7.21. The van der Waals surface area contributed by atoms with Gasteiger partial charge in [-0.3, -0.25) is 0 Å². The summed E-state index contributed by atoms with van der Waals surface area (Å²) in [5, 5.41) is 0. The topological polar surface area (TPSA) is 55.8 Å². The minimum absolute atomic E-state index is 0.153. The molecule has 0 atom stereocenters. The van der Waals surface area contributed by atoms with Crippen molar-refractivity contribution in [3.63, 3.8) is 0 Å². The maximum absolute atomic E-state index is 12.6. The van der Waals surface area contributed by atoms with E-state index in [1.807, 2.05) is 13.0 Å². The molecular weight excluding hydrogens is 302 g/mol. The first-order valence-corrected chi connectivity index (χ1v) is 8.43. The number of alkyl halides is 1. The van der Waals surface area contributed by atoms with E-state index in [-0.39, 0.29) is 23.9 Å². The van der Waals surface area contributed by atoms with Gasteiger partial charge in [-0.15, -0.1) is 11.6 Å². The molecule has 20 heavy (non-hydrogen) atoms. The van der Waals surface area contributed by atoms with E-state index >= 15 is 0 Å². The molecule has 0 bridgehead atoms. The average Bonchev–Trinajstić information content (AvgIpc) is 2.86. The van der Waals surface area contributed by atoms with Gasteiger partial charge < -0.3 is 9.47 Å². The van der Waals surface area contributed by atoms with Gasteiger partial charge in [0.1, 0.15) is 0 Å². The van der Waals surface area contributed by atoms with Crippen LogP contribution in [0.1, 0.15) is 11.1 Å². The number of hydrogen-bond acceptors (Lipinski definition) is 4. The zero-order chi connectivity index (χ0) is 14.4. The summed E-state index contributed by atoms with van der Waals surface area (Å²) < 4.78 is 38.2. The van der Waals surface area contributed by atoms with Crippen LogP contribution in [0.3, 0.4) is 0 Å². The smallest absolute Gasteiger partial charge is 0.243 e. The number of fused-ring (bicyclic) bond motifs is 2. The van der Waals surface area contributed by atoms with E-state index in [9.17, 15) is 8.42 Å². The predicted molar refractivity (Wildman–Crippen MR) is 74.2 cm³/mol. The fraction of sp³-hybridized carbons (Fsp3) is 0.538. The number of halogens is 1. The SMILES string of the molecule is Cc1cccc2c1C1(CN(CCCl)S2(=O)=O)OCCO1. The van der Waals surface area contributed by atoms with Crippen LogP contribution in [0.15, 0.2) is 23.1 Å². The molecule has 1 saturated heterocycles. The second-order valence-electron chi connectivity index (χ2n) is 4.93. The van der Waals surface area contributed by atoms with Gasteiger partial charge in [-0.1, -0.05) is 12.1 Å². The molecular formula is C13H16ClNO4S. The Morgan fingerprint density at radius 1 is 1.35 bits per heavy atom. The number of rotatable bonds is 2. The molecule has 0 aliphatic carbocycles. The predicted octanol–water partition coefficient (Wildman–Crippen LogP) is 1.44. The first-order chi connectivity index (χ1) is 9.51. The van der Waals surface area contributed by atoms with E-state index in [2.05, 4.69) is 0 Å². The fourth-order valence-electron chi connectivity index (χ4n) is 2.86. The lowest BCUT2D eigenvalue weighted by atomic mass is 9.99. The highest BCUT2D eigenvalue weighted by Gasteiger charge is 2.51. The van der Waals surface area contributed by atoms with Crippen LogP contribution < -0.4 is 0 Å². The highest BCUT2D eigenvalue weighted by molar-refractivity contribution is 7.89. The average molecular weight is 318 g/mol. The number of ether oxygens (including phenoxy) is 2. The normalized spacial score (nSPS) is 23.9. The fourth-order valence-corrected chi connectivity index (χ4v) is 4.94. The molecule has 0 aromatic heterocycles. The third kappa shape index (κ3) is 1.98. The molecule has 5 nitrogen and oxygen atoms in total. The molecule has 0 N–H and O–H groups in total. The summed E-state index contributed by atoms with van der Waals surface area (Å²) in [6.07, 6.45) is 0. The van der Waals surface area contributed by atoms with Gasteiger partial charge in [0.2, 0.25) is 15.8 Å². The third-order valence-corrected chi connectivity index (χ3v) is 5.76. The molecule has 7 heteroatoms. The Bertz CT molecular complexity index is 625. The summed E-state index contributed by atoms with van der Waals surface area (Å²) in [5.41, 5.74) is 1.49. The summed E-state index contributed by atoms with van der Waals surface area (Å²) in [6.45, 7) is 3.19. The summed E-state index contributed by atoms with van der Waals surface area (Å²) in [4.78, 5) is 0.260. The van der Waals surface area contributed by atoms with Crippen LogP contribution in [0.4, 0.5) is 0 Å². The Hall–Kier alpha value is -0.660. The van der Waals surface area contributed by atoms with Crippen molar-refractivity contribution in [1.82, 2.24) is 4.31 Å². The van der Waals surface area contributed by atoms with E-state index in [0.29, 0.717) is 18.8 Å².